The maximum Gasteiger partial charge on any atom is 0.303 e. The second kappa shape index (κ2) is 13.2. The molecule has 0 amide bonds. The molecule has 6 nitrogen and oxygen atoms in total. The summed E-state index contributed by atoms with van der Waals surface area (Å²) in [5.74, 6) is -1.72. The molecule has 0 aliphatic heterocycles. The van der Waals surface area contributed by atoms with Gasteiger partial charge in [0.15, 0.2) is 0 Å². The third kappa shape index (κ3) is 9.08. The van der Waals surface area contributed by atoms with Crippen molar-refractivity contribution in [2.75, 3.05) is 0 Å². The first-order valence-corrected chi connectivity index (χ1v) is 10.8. The lowest BCUT2D eigenvalue weighted by molar-refractivity contribution is -0.147. The van der Waals surface area contributed by atoms with E-state index in [2.05, 4.69) is 13.5 Å². The van der Waals surface area contributed by atoms with Gasteiger partial charge in [-0.25, -0.2) is 0 Å². The highest BCUT2D eigenvalue weighted by molar-refractivity contribution is 5.85. The number of carboxylic acid groups (broad SMARTS) is 1. The average Bonchev–Trinajstić information content (AvgIpc) is 2.96. The van der Waals surface area contributed by atoms with E-state index in [-0.39, 0.29) is 30.5 Å². The van der Waals surface area contributed by atoms with Gasteiger partial charge in [0.2, 0.25) is 0 Å². The van der Waals surface area contributed by atoms with E-state index in [9.17, 15) is 19.5 Å². The fraction of sp³-hybridized carbons (Fsp3) is 0.625. The van der Waals surface area contributed by atoms with Crippen LogP contribution in [0.3, 0.4) is 0 Å². The Morgan fingerprint density at radius 2 is 2.00 bits per heavy atom. The minimum atomic E-state index is -0.981. The van der Waals surface area contributed by atoms with Crippen LogP contribution in [0.15, 0.2) is 37.0 Å². The van der Waals surface area contributed by atoms with Gasteiger partial charge in [-0.1, -0.05) is 50.1 Å². The molecule has 1 rings (SSSR count). The molecule has 1 fully saturated rings. The zero-order chi connectivity index (χ0) is 22.6. The standard InChI is InChI=1S/C24H36O6/c1-4-6-15-24(29,5-2)16-11-13-20-19(12-9-7-8-10-14-23(27)28)21(26)17-22(20)30-18(3)25/h5,7,9,11,13,19-20,22,29H,2,4,6,8,10,12,14-17H2,1,3H3,(H,27,28)/b9-7-,13-11+/t19-,20-,22-,24?/m1/s1. The maximum atomic E-state index is 12.5. The van der Waals surface area contributed by atoms with Gasteiger partial charge in [0.25, 0.3) is 0 Å². The van der Waals surface area contributed by atoms with Crippen LogP contribution in [-0.2, 0) is 19.1 Å². The third-order valence-electron chi connectivity index (χ3n) is 5.52. The van der Waals surface area contributed by atoms with Gasteiger partial charge in [-0.05, 0) is 32.1 Å². The van der Waals surface area contributed by atoms with Crippen molar-refractivity contribution < 1.29 is 29.3 Å². The lowest BCUT2D eigenvalue weighted by Gasteiger charge is -2.24. The van der Waals surface area contributed by atoms with Gasteiger partial charge in [-0.3, -0.25) is 14.4 Å². The Kier molecular flexibility index (Phi) is 11.3. The second-order valence-corrected chi connectivity index (χ2v) is 8.04. The van der Waals surface area contributed by atoms with Crippen molar-refractivity contribution in [3.8, 4) is 0 Å². The van der Waals surface area contributed by atoms with Crippen molar-refractivity contribution in [2.24, 2.45) is 11.8 Å². The van der Waals surface area contributed by atoms with Crippen LogP contribution in [0, 0.1) is 11.8 Å². The summed E-state index contributed by atoms with van der Waals surface area (Å²) in [6.45, 7) is 7.14. The van der Waals surface area contributed by atoms with Gasteiger partial charge in [-0.2, -0.15) is 0 Å². The number of allylic oxidation sites excluding steroid dienone is 2. The van der Waals surface area contributed by atoms with Crippen LogP contribution in [-0.4, -0.2) is 39.6 Å². The largest absolute Gasteiger partial charge is 0.481 e. The molecule has 0 bridgehead atoms. The summed E-state index contributed by atoms with van der Waals surface area (Å²) < 4.78 is 5.39. The van der Waals surface area contributed by atoms with E-state index >= 15 is 0 Å². The number of carboxylic acids is 1. The Morgan fingerprint density at radius 1 is 1.27 bits per heavy atom. The molecule has 4 atom stereocenters. The number of Topliss-reactive ketones (excluding diaryl/α,β-unsaturated/α-hetero) is 1. The zero-order valence-corrected chi connectivity index (χ0v) is 18.2. The van der Waals surface area contributed by atoms with Crippen LogP contribution in [0.2, 0.25) is 0 Å². The fourth-order valence-corrected chi connectivity index (χ4v) is 3.77. The van der Waals surface area contributed by atoms with Crippen LogP contribution in [0.4, 0.5) is 0 Å². The number of hydrogen-bond donors (Lipinski definition) is 2. The van der Waals surface area contributed by atoms with Crippen molar-refractivity contribution in [3.63, 3.8) is 0 Å². The van der Waals surface area contributed by atoms with Crippen molar-refractivity contribution in [2.45, 2.75) is 83.3 Å². The molecule has 1 saturated carbocycles. The second-order valence-electron chi connectivity index (χ2n) is 8.04. The quantitative estimate of drug-likeness (QED) is 0.246. The third-order valence-corrected chi connectivity index (χ3v) is 5.52. The zero-order valence-electron chi connectivity index (χ0n) is 18.2. The first kappa shape index (κ1) is 25.8. The fourth-order valence-electron chi connectivity index (χ4n) is 3.77. The minimum Gasteiger partial charge on any atom is -0.481 e. The normalized spacial score (nSPS) is 23.7. The van der Waals surface area contributed by atoms with E-state index in [0.717, 1.165) is 12.8 Å². The topological polar surface area (TPSA) is 101 Å². The van der Waals surface area contributed by atoms with Crippen molar-refractivity contribution in [1.29, 1.82) is 0 Å². The van der Waals surface area contributed by atoms with Gasteiger partial charge in [0.05, 0.1) is 5.60 Å². The van der Waals surface area contributed by atoms with Crippen LogP contribution < -0.4 is 0 Å². The molecule has 1 aliphatic carbocycles. The number of esters is 1. The van der Waals surface area contributed by atoms with Crippen molar-refractivity contribution in [1.82, 2.24) is 0 Å². The predicted octanol–water partition coefficient (Wildman–Crippen LogP) is 4.38. The smallest absolute Gasteiger partial charge is 0.303 e. The summed E-state index contributed by atoms with van der Waals surface area (Å²) >= 11 is 0. The van der Waals surface area contributed by atoms with Crippen LogP contribution in [0.5, 0.6) is 0 Å². The molecular weight excluding hydrogens is 384 g/mol. The summed E-state index contributed by atoms with van der Waals surface area (Å²) in [4.78, 5) is 34.6. The number of unbranched alkanes of at least 4 members (excludes halogenated alkanes) is 2. The molecule has 1 unspecified atom stereocenters. The number of rotatable bonds is 14. The first-order chi connectivity index (χ1) is 14.2. The van der Waals surface area contributed by atoms with E-state index in [1.165, 1.54) is 6.92 Å². The van der Waals surface area contributed by atoms with E-state index in [0.29, 0.717) is 32.1 Å². The maximum absolute atomic E-state index is 12.5. The lowest BCUT2D eigenvalue weighted by Crippen LogP contribution is -2.25. The number of hydrogen-bond acceptors (Lipinski definition) is 5. The summed E-state index contributed by atoms with van der Waals surface area (Å²) in [6.07, 6.45) is 13.5. The highest BCUT2D eigenvalue weighted by Crippen LogP contribution is 2.36. The molecular formula is C24H36O6. The number of aliphatic hydroxyl groups is 1. The molecule has 0 heterocycles. The number of carbonyl (C=O) groups excluding carboxylic acids is 2. The molecule has 168 valence electrons. The predicted molar refractivity (Wildman–Crippen MR) is 116 cm³/mol. The van der Waals surface area contributed by atoms with E-state index < -0.39 is 23.6 Å². The highest BCUT2D eigenvalue weighted by Gasteiger charge is 2.42. The number of aliphatic carboxylic acids is 1. The van der Waals surface area contributed by atoms with Gasteiger partial charge in [-0.15, -0.1) is 6.58 Å². The molecule has 30 heavy (non-hydrogen) atoms. The molecule has 0 saturated heterocycles. The molecule has 0 aromatic carbocycles. The molecule has 0 radical (unpaired) electrons. The van der Waals surface area contributed by atoms with Crippen LogP contribution >= 0.6 is 0 Å². The van der Waals surface area contributed by atoms with Crippen LogP contribution in [0.1, 0.15) is 71.6 Å². The van der Waals surface area contributed by atoms with Gasteiger partial charge >= 0.3 is 11.9 Å². The molecule has 0 aromatic rings. The Labute approximate surface area is 179 Å². The van der Waals surface area contributed by atoms with E-state index in [1.807, 2.05) is 24.3 Å². The van der Waals surface area contributed by atoms with Crippen LogP contribution in [0.25, 0.3) is 0 Å². The minimum absolute atomic E-state index is 0.0519. The number of ketones is 1. The van der Waals surface area contributed by atoms with E-state index in [4.69, 9.17) is 9.84 Å². The molecule has 1 aliphatic rings. The van der Waals surface area contributed by atoms with Crippen molar-refractivity contribution >= 4 is 17.7 Å². The summed E-state index contributed by atoms with van der Waals surface area (Å²) in [7, 11) is 0. The SMILES string of the molecule is C=CC(O)(C/C=C/[C@H]1[C@H](OC(C)=O)CC(=O)[C@@H]1C/C=C\CCCC(=O)O)CCCC. The molecule has 2 N–H and O–H groups in total. The first-order valence-electron chi connectivity index (χ1n) is 10.8. The van der Waals surface area contributed by atoms with E-state index in [1.54, 1.807) is 6.08 Å². The average molecular weight is 421 g/mol. The molecule has 0 aromatic heterocycles. The summed E-state index contributed by atoms with van der Waals surface area (Å²) in [5.41, 5.74) is -0.981. The number of ether oxygens (including phenoxy) is 1. The lowest BCUT2D eigenvalue weighted by atomic mass is 9.88. The van der Waals surface area contributed by atoms with Gasteiger partial charge < -0.3 is 14.9 Å². The molecule has 0 spiro atoms. The Morgan fingerprint density at radius 3 is 2.60 bits per heavy atom. The Balaban J connectivity index is 2.80. The molecule has 6 heteroatoms. The van der Waals surface area contributed by atoms with Gasteiger partial charge in [0, 0.05) is 31.6 Å². The summed E-state index contributed by atoms with van der Waals surface area (Å²) in [6, 6.07) is 0. The highest BCUT2D eigenvalue weighted by atomic mass is 16.5. The Bertz CT molecular complexity index is 650. The van der Waals surface area contributed by atoms with Crippen molar-refractivity contribution in [3.05, 3.63) is 37.0 Å². The van der Waals surface area contributed by atoms with Gasteiger partial charge in [0.1, 0.15) is 11.9 Å². The Hall–Kier alpha value is -2.21. The number of carbonyl (C=O) groups is 3. The summed E-state index contributed by atoms with van der Waals surface area (Å²) in [5, 5.41) is 19.3. The monoisotopic (exact) mass is 420 g/mol.